The molecule has 0 amide bonds. The third kappa shape index (κ3) is 5.76. The van der Waals surface area contributed by atoms with E-state index in [1.54, 1.807) is 24.3 Å². The summed E-state index contributed by atoms with van der Waals surface area (Å²) in [6.45, 7) is 3.57. The number of carbonyl (C=O) groups is 1. The highest BCUT2D eigenvalue weighted by molar-refractivity contribution is 5.74. The molecule has 0 spiro atoms. The van der Waals surface area contributed by atoms with Gasteiger partial charge in [0.15, 0.2) is 0 Å². The Balaban J connectivity index is 0.000000244. The van der Waals surface area contributed by atoms with Gasteiger partial charge < -0.3 is 15.6 Å². The van der Waals surface area contributed by atoms with Crippen LogP contribution in [-0.2, 0) is 4.79 Å². The van der Waals surface area contributed by atoms with Crippen LogP contribution in [0.4, 0.5) is 4.39 Å². The molecule has 3 aromatic rings. The van der Waals surface area contributed by atoms with Gasteiger partial charge in [-0.1, -0.05) is 79.7 Å². The lowest BCUT2D eigenvalue weighted by Crippen LogP contribution is -2.51. The van der Waals surface area contributed by atoms with Gasteiger partial charge in [-0.2, -0.15) is 0 Å². The molecule has 0 saturated carbocycles. The first-order chi connectivity index (χ1) is 12.9. The summed E-state index contributed by atoms with van der Waals surface area (Å²) in [5.74, 6) is -2.45. The molecule has 140 valence electrons. The molecule has 27 heavy (non-hydrogen) atoms. The smallest absolute Gasteiger partial charge is 0.131 e. The average Bonchev–Trinajstić information content (AvgIpc) is 2.69. The molecule has 3 rings (SSSR count). The number of halogens is 1. The van der Waals surface area contributed by atoms with Crippen molar-refractivity contribution in [3.63, 3.8) is 0 Å². The zero-order valence-electron chi connectivity index (χ0n) is 15.6. The third-order valence-corrected chi connectivity index (χ3v) is 4.30. The highest BCUT2D eigenvalue weighted by Gasteiger charge is 2.11. The van der Waals surface area contributed by atoms with Crippen molar-refractivity contribution in [1.82, 2.24) is 0 Å². The van der Waals surface area contributed by atoms with Gasteiger partial charge in [-0.15, -0.1) is 0 Å². The van der Waals surface area contributed by atoms with Crippen molar-refractivity contribution in [1.29, 1.82) is 0 Å². The highest BCUT2D eigenvalue weighted by atomic mass is 19.1. The summed E-state index contributed by atoms with van der Waals surface area (Å²) in [6, 6.07) is 24.3. The van der Waals surface area contributed by atoms with Gasteiger partial charge in [0.05, 0.1) is 0 Å². The zero-order chi connectivity index (χ0) is 19.8. The minimum Gasteiger partial charge on any atom is -0.550 e. The lowest BCUT2D eigenvalue weighted by atomic mass is 9.97. The van der Waals surface area contributed by atoms with Gasteiger partial charge in [0.25, 0.3) is 0 Å². The van der Waals surface area contributed by atoms with E-state index in [0.29, 0.717) is 17.2 Å². The molecule has 0 aliphatic heterocycles. The minimum atomic E-state index is -1.21. The Hall–Kier alpha value is -2.98. The summed E-state index contributed by atoms with van der Waals surface area (Å²) in [4.78, 5) is 10.7. The van der Waals surface area contributed by atoms with Crippen molar-refractivity contribution in [3.8, 4) is 11.1 Å². The predicted molar refractivity (Wildman–Crippen MR) is 103 cm³/mol. The van der Waals surface area contributed by atoms with Gasteiger partial charge in [0.1, 0.15) is 11.9 Å². The van der Waals surface area contributed by atoms with E-state index in [4.69, 9.17) is 0 Å². The Morgan fingerprint density at radius 2 is 1.44 bits per heavy atom. The van der Waals surface area contributed by atoms with Crippen molar-refractivity contribution in [3.05, 3.63) is 95.8 Å². The van der Waals surface area contributed by atoms with Crippen LogP contribution in [0.1, 0.15) is 36.9 Å². The number of carboxylic acid groups (broad SMARTS) is 1. The maximum atomic E-state index is 13.9. The third-order valence-electron chi connectivity index (χ3n) is 4.30. The molecule has 3 N–H and O–H groups in total. The van der Waals surface area contributed by atoms with Gasteiger partial charge in [-0.05, 0) is 24.1 Å². The number of hydrogen-bond donors (Lipinski definition) is 1. The van der Waals surface area contributed by atoms with E-state index in [-0.39, 0.29) is 0 Å². The summed E-state index contributed by atoms with van der Waals surface area (Å²) in [5.41, 5.74) is 6.85. The molecule has 2 atom stereocenters. The standard InChI is InChI=1S/C15H13FO2.C8H11N/c1-10(15(17)18)12-7-8-13(14(16)9-12)11-5-3-2-4-6-11;1-7(9)8-5-3-2-4-6-8/h2-10H,1H3,(H,17,18);2-7H,9H2,1H3/t;7-/m.0/s1. The predicted octanol–water partition coefficient (Wildman–Crippen LogP) is 3.34. The lowest BCUT2D eigenvalue weighted by molar-refractivity contribution is -0.420. The molecule has 0 saturated heterocycles. The van der Waals surface area contributed by atoms with Crippen molar-refractivity contribution < 1.29 is 20.0 Å². The molecule has 0 fully saturated rings. The molecule has 0 aliphatic carbocycles. The summed E-state index contributed by atoms with van der Waals surface area (Å²) >= 11 is 0. The molecule has 1 unspecified atom stereocenters. The number of hydrogen-bond acceptors (Lipinski definition) is 2. The molecule has 0 aliphatic rings. The first kappa shape index (κ1) is 20.3. The zero-order valence-corrected chi connectivity index (χ0v) is 15.6. The normalized spacial score (nSPS) is 12.4. The average molecular weight is 365 g/mol. The van der Waals surface area contributed by atoms with E-state index >= 15 is 0 Å². The molecule has 3 nitrogen and oxygen atoms in total. The van der Waals surface area contributed by atoms with Gasteiger partial charge in [-0.25, -0.2) is 4.39 Å². The molecule has 0 radical (unpaired) electrons. The van der Waals surface area contributed by atoms with E-state index in [1.807, 2.05) is 36.4 Å². The molecular weight excluding hydrogens is 341 g/mol. The fourth-order valence-corrected chi connectivity index (χ4v) is 2.57. The maximum Gasteiger partial charge on any atom is 0.131 e. The van der Waals surface area contributed by atoms with E-state index in [9.17, 15) is 14.3 Å². The number of quaternary nitrogens is 1. The van der Waals surface area contributed by atoms with Crippen LogP contribution < -0.4 is 10.8 Å². The topological polar surface area (TPSA) is 67.8 Å². The van der Waals surface area contributed by atoms with Crippen LogP contribution in [0.3, 0.4) is 0 Å². The van der Waals surface area contributed by atoms with Crippen LogP contribution in [0.15, 0.2) is 78.9 Å². The Kier molecular flexibility index (Phi) is 7.26. The van der Waals surface area contributed by atoms with Crippen molar-refractivity contribution in [2.45, 2.75) is 25.8 Å². The van der Waals surface area contributed by atoms with Crippen LogP contribution >= 0.6 is 0 Å². The lowest BCUT2D eigenvalue weighted by Gasteiger charge is -2.14. The Bertz CT molecular complexity index is 864. The second-order valence-electron chi connectivity index (χ2n) is 6.46. The summed E-state index contributed by atoms with van der Waals surface area (Å²) in [6.07, 6.45) is 0. The summed E-state index contributed by atoms with van der Waals surface area (Å²) in [5, 5.41) is 10.7. The summed E-state index contributed by atoms with van der Waals surface area (Å²) < 4.78 is 13.9. The Morgan fingerprint density at radius 1 is 0.889 bits per heavy atom. The van der Waals surface area contributed by atoms with E-state index in [2.05, 4.69) is 24.8 Å². The monoisotopic (exact) mass is 365 g/mol. The fourth-order valence-electron chi connectivity index (χ4n) is 2.57. The van der Waals surface area contributed by atoms with Crippen LogP contribution in [0.5, 0.6) is 0 Å². The highest BCUT2D eigenvalue weighted by Crippen LogP contribution is 2.25. The maximum absolute atomic E-state index is 13.9. The molecule has 0 aromatic heterocycles. The molecule has 0 bridgehead atoms. The van der Waals surface area contributed by atoms with E-state index < -0.39 is 17.7 Å². The van der Waals surface area contributed by atoms with Crippen LogP contribution in [0, 0.1) is 5.82 Å². The summed E-state index contributed by atoms with van der Waals surface area (Å²) in [7, 11) is 0. The number of aliphatic carboxylic acids is 1. The van der Waals surface area contributed by atoms with Crippen LogP contribution in [-0.4, -0.2) is 5.97 Å². The fraction of sp³-hybridized carbons (Fsp3) is 0.174. The van der Waals surface area contributed by atoms with Crippen LogP contribution in [0.2, 0.25) is 0 Å². The number of carbonyl (C=O) groups excluding carboxylic acids is 1. The second-order valence-corrected chi connectivity index (χ2v) is 6.46. The Labute approximate surface area is 159 Å². The molecular formula is C23H24FNO2. The molecule has 3 aromatic carbocycles. The van der Waals surface area contributed by atoms with Gasteiger partial charge >= 0.3 is 0 Å². The number of rotatable bonds is 4. The van der Waals surface area contributed by atoms with Crippen molar-refractivity contribution >= 4 is 5.97 Å². The van der Waals surface area contributed by atoms with Crippen LogP contribution in [0.25, 0.3) is 11.1 Å². The van der Waals surface area contributed by atoms with Gasteiger partial charge in [0.2, 0.25) is 0 Å². The quantitative estimate of drug-likeness (QED) is 0.770. The minimum absolute atomic E-state index is 0.409. The van der Waals surface area contributed by atoms with Crippen molar-refractivity contribution in [2.75, 3.05) is 0 Å². The van der Waals surface area contributed by atoms with E-state index in [0.717, 1.165) is 5.56 Å². The van der Waals surface area contributed by atoms with Gasteiger partial charge in [-0.3, -0.25) is 0 Å². The Morgan fingerprint density at radius 3 is 1.89 bits per heavy atom. The number of benzene rings is 3. The largest absolute Gasteiger partial charge is 0.550 e. The first-order valence-corrected chi connectivity index (χ1v) is 8.84. The van der Waals surface area contributed by atoms with Crippen molar-refractivity contribution in [2.24, 2.45) is 0 Å². The molecule has 4 heteroatoms. The first-order valence-electron chi connectivity index (χ1n) is 8.84. The number of carboxylic acids is 1. The molecule has 0 heterocycles. The van der Waals surface area contributed by atoms with Gasteiger partial charge in [0, 0.05) is 23.0 Å². The second kappa shape index (κ2) is 9.64. The van der Waals surface area contributed by atoms with E-state index in [1.165, 1.54) is 18.6 Å². The SMILES string of the molecule is CC(C(=O)[O-])c1ccc(-c2ccccc2)c(F)c1.C[C@H]([NH3+])c1ccccc1.